The quantitative estimate of drug-likeness (QED) is 0.794. The van der Waals surface area contributed by atoms with E-state index in [4.69, 9.17) is 10.1 Å². The van der Waals surface area contributed by atoms with Gasteiger partial charge in [-0.25, -0.2) is 4.98 Å². The molecule has 0 spiro atoms. The molecule has 21 heavy (non-hydrogen) atoms. The topological polar surface area (TPSA) is 58.0 Å². The van der Waals surface area contributed by atoms with Crippen molar-refractivity contribution in [1.82, 2.24) is 4.98 Å². The molecule has 0 aliphatic heterocycles. The molecule has 0 amide bonds. The van der Waals surface area contributed by atoms with Gasteiger partial charge in [0.05, 0.1) is 12.8 Å². The summed E-state index contributed by atoms with van der Waals surface area (Å²) in [5.41, 5.74) is 1.95. The lowest BCUT2D eigenvalue weighted by atomic mass is 10.0. The largest absolute Gasteiger partial charge is 0.496 e. The van der Waals surface area contributed by atoms with Crippen LogP contribution in [0.2, 0.25) is 0 Å². The fourth-order valence-electron chi connectivity index (χ4n) is 2.05. The van der Waals surface area contributed by atoms with Crippen LogP contribution in [0.5, 0.6) is 5.75 Å². The molecule has 4 nitrogen and oxygen atoms in total. The maximum Gasteiger partial charge on any atom is 0.135 e. The second kappa shape index (κ2) is 6.88. The maximum atomic E-state index is 8.50. The molecule has 2 rings (SSSR count). The van der Waals surface area contributed by atoms with Crippen molar-refractivity contribution >= 4 is 11.5 Å². The summed E-state index contributed by atoms with van der Waals surface area (Å²) in [5, 5.41) is 11.9. The first-order chi connectivity index (χ1) is 10.2. The number of hydrogen-bond acceptors (Lipinski definition) is 4. The van der Waals surface area contributed by atoms with Crippen molar-refractivity contribution < 1.29 is 4.74 Å². The molecule has 1 aromatic carbocycles. The highest BCUT2D eigenvalue weighted by Gasteiger charge is 2.15. The molecule has 2 N–H and O–H groups in total. The van der Waals surface area contributed by atoms with E-state index in [-0.39, 0.29) is 0 Å². The molecule has 4 heteroatoms. The highest BCUT2D eigenvalue weighted by Crippen LogP contribution is 2.24. The van der Waals surface area contributed by atoms with Crippen molar-refractivity contribution in [2.24, 2.45) is 0 Å². The minimum Gasteiger partial charge on any atom is -0.496 e. The first-order valence-corrected chi connectivity index (χ1v) is 7.11. The molecule has 1 heterocycles. The Kier molecular flexibility index (Phi) is 4.93. The summed E-state index contributed by atoms with van der Waals surface area (Å²) >= 11 is 0. The van der Waals surface area contributed by atoms with Crippen LogP contribution in [0.25, 0.3) is 0 Å². The monoisotopic (exact) mass is 283 g/mol. The second-order valence-electron chi connectivity index (χ2n) is 4.93. The lowest BCUT2D eigenvalue weighted by Gasteiger charge is -2.17. The van der Waals surface area contributed by atoms with Gasteiger partial charge in [0.2, 0.25) is 0 Å². The summed E-state index contributed by atoms with van der Waals surface area (Å²) in [6, 6.07) is 11.6. The van der Waals surface area contributed by atoms with Crippen LogP contribution in [-0.4, -0.2) is 23.8 Å². The third-order valence-corrected chi connectivity index (χ3v) is 3.45. The number of nitrogens with zero attached hydrogens (tertiary/aromatic N) is 1. The zero-order valence-electron chi connectivity index (χ0n) is 12.7. The average molecular weight is 283 g/mol. The van der Waals surface area contributed by atoms with Gasteiger partial charge >= 0.3 is 0 Å². The Balaban J connectivity index is 2.39. The van der Waals surface area contributed by atoms with E-state index in [1.807, 2.05) is 36.4 Å². The predicted octanol–water partition coefficient (Wildman–Crippen LogP) is 3.72. The average Bonchev–Trinajstić information content (AvgIpc) is 2.54. The fraction of sp³-hybridized carbons (Fsp3) is 0.294. The number of para-hydroxylation sites is 1. The Morgan fingerprint density at radius 2 is 1.95 bits per heavy atom. The number of benzene rings is 1. The van der Waals surface area contributed by atoms with Crippen molar-refractivity contribution in [2.75, 3.05) is 12.4 Å². The number of anilines is 1. The smallest absolute Gasteiger partial charge is 0.135 e. The van der Waals surface area contributed by atoms with Crippen LogP contribution in [-0.2, 0) is 0 Å². The molecule has 0 bridgehead atoms. The molecule has 0 saturated carbocycles. The van der Waals surface area contributed by atoms with Gasteiger partial charge in [0.1, 0.15) is 11.6 Å². The van der Waals surface area contributed by atoms with Crippen LogP contribution in [0.15, 0.2) is 42.6 Å². The molecule has 0 radical (unpaired) electrons. The van der Waals surface area contributed by atoms with Crippen molar-refractivity contribution in [3.63, 3.8) is 0 Å². The molecule has 1 aromatic heterocycles. The second-order valence-corrected chi connectivity index (χ2v) is 4.93. The highest BCUT2D eigenvalue weighted by atomic mass is 16.5. The van der Waals surface area contributed by atoms with Crippen LogP contribution in [0.3, 0.4) is 0 Å². The van der Waals surface area contributed by atoms with Gasteiger partial charge < -0.3 is 10.1 Å². The van der Waals surface area contributed by atoms with Gasteiger partial charge in [-0.2, -0.15) is 0 Å². The van der Waals surface area contributed by atoms with Gasteiger partial charge in [-0.1, -0.05) is 19.1 Å². The Morgan fingerprint density at radius 1 is 1.24 bits per heavy atom. The predicted molar refractivity (Wildman–Crippen MR) is 86.5 cm³/mol. The van der Waals surface area contributed by atoms with E-state index in [9.17, 15) is 0 Å². The van der Waals surface area contributed by atoms with Gasteiger partial charge in [-0.3, -0.25) is 5.41 Å². The van der Waals surface area contributed by atoms with Gasteiger partial charge in [0.15, 0.2) is 0 Å². The van der Waals surface area contributed by atoms with Crippen LogP contribution in [0.4, 0.5) is 5.82 Å². The molecule has 1 atom stereocenters. The molecular formula is C17H21N3O. The molecule has 1 unspecified atom stereocenters. The lowest BCUT2D eigenvalue weighted by molar-refractivity contribution is 0.414. The first-order valence-electron chi connectivity index (χ1n) is 7.11. The number of pyridine rings is 1. The Hall–Kier alpha value is -2.36. The fourth-order valence-corrected chi connectivity index (χ4v) is 2.05. The molecule has 0 saturated heterocycles. The third-order valence-electron chi connectivity index (χ3n) is 3.45. The summed E-state index contributed by atoms with van der Waals surface area (Å²) in [6.07, 6.45) is 2.74. The molecule has 0 aliphatic carbocycles. The molecule has 110 valence electrons. The minimum atomic E-state index is 0.309. The molecule has 0 fully saturated rings. The summed E-state index contributed by atoms with van der Waals surface area (Å²) in [6.45, 7) is 4.22. The third kappa shape index (κ3) is 3.40. The maximum absolute atomic E-state index is 8.50. The first kappa shape index (κ1) is 15.0. The molecule has 0 aliphatic rings. The zero-order valence-corrected chi connectivity index (χ0v) is 12.7. The van der Waals surface area contributed by atoms with Crippen LogP contribution < -0.4 is 10.1 Å². The zero-order chi connectivity index (χ0) is 15.2. The number of nitrogens with one attached hydrogen (secondary N) is 2. The van der Waals surface area contributed by atoms with Crippen LogP contribution in [0, 0.1) is 5.41 Å². The van der Waals surface area contributed by atoms with Crippen LogP contribution >= 0.6 is 0 Å². The van der Waals surface area contributed by atoms with E-state index in [2.05, 4.69) is 24.1 Å². The van der Waals surface area contributed by atoms with Crippen molar-refractivity contribution in [3.8, 4) is 5.75 Å². The molecule has 2 aromatic rings. The minimum absolute atomic E-state index is 0.309. The summed E-state index contributed by atoms with van der Waals surface area (Å²) < 4.78 is 5.35. The normalized spacial score (nSPS) is 11.8. The number of rotatable bonds is 6. The van der Waals surface area contributed by atoms with Gasteiger partial charge in [-0.15, -0.1) is 0 Å². The van der Waals surface area contributed by atoms with Gasteiger partial charge in [0.25, 0.3) is 0 Å². The van der Waals surface area contributed by atoms with Crippen LogP contribution in [0.1, 0.15) is 31.4 Å². The van der Waals surface area contributed by atoms with E-state index < -0.39 is 0 Å². The van der Waals surface area contributed by atoms with E-state index >= 15 is 0 Å². The summed E-state index contributed by atoms with van der Waals surface area (Å²) in [5.74, 6) is 1.43. The number of ether oxygens (including phenoxy) is 1. The van der Waals surface area contributed by atoms with Gasteiger partial charge in [-0.05, 0) is 37.6 Å². The van der Waals surface area contributed by atoms with Gasteiger partial charge in [0, 0.05) is 23.4 Å². The Labute approximate surface area is 125 Å². The van der Waals surface area contributed by atoms with E-state index in [1.165, 1.54) is 0 Å². The summed E-state index contributed by atoms with van der Waals surface area (Å²) in [4.78, 5) is 4.38. The van der Waals surface area contributed by atoms with E-state index in [0.717, 1.165) is 23.4 Å². The van der Waals surface area contributed by atoms with E-state index in [0.29, 0.717) is 17.5 Å². The number of methoxy groups -OCH3 is 1. The van der Waals surface area contributed by atoms with Crippen molar-refractivity contribution in [3.05, 3.63) is 53.7 Å². The molecular weight excluding hydrogens is 262 g/mol. The Bertz CT molecular complexity index is 625. The Morgan fingerprint density at radius 3 is 2.67 bits per heavy atom. The van der Waals surface area contributed by atoms with Crippen molar-refractivity contribution in [1.29, 1.82) is 5.41 Å². The number of hydrogen-bond donors (Lipinski definition) is 2. The summed E-state index contributed by atoms with van der Waals surface area (Å²) in [7, 11) is 1.62. The highest BCUT2D eigenvalue weighted by molar-refractivity contribution is 6.15. The lowest BCUT2D eigenvalue weighted by Crippen LogP contribution is -2.18. The van der Waals surface area contributed by atoms with Crippen molar-refractivity contribution in [2.45, 2.75) is 26.3 Å². The standard InChI is InChI=1S/C17H21N3O/c1-4-12(2)20-17-14(9-7-11-19-17)16(18)13-8-5-6-10-15(13)21-3/h5-12,18H,4H2,1-3H3,(H,19,20). The van der Waals surface area contributed by atoms with E-state index in [1.54, 1.807) is 13.3 Å². The SMILES string of the molecule is CCC(C)Nc1ncccc1C(=N)c1ccccc1OC. The number of aromatic nitrogens is 1.